The van der Waals surface area contributed by atoms with Crippen molar-refractivity contribution in [3.8, 4) is 5.75 Å². The topological polar surface area (TPSA) is 50.6 Å². The largest absolute Gasteiger partial charge is 0.493 e. The number of aliphatic imine (C=N–C) groups is 1. The first-order chi connectivity index (χ1) is 18.8. The van der Waals surface area contributed by atoms with Crippen LogP contribution in [0.3, 0.4) is 0 Å². The molecule has 0 N–H and O–H groups in total. The highest BCUT2D eigenvalue weighted by molar-refractivity contribution is 6.04. The van der Waals surface area contributed by atoms with E-state index in [1.54, 1.807) is 4.90 Å². The molecule has 0 radical (unpaired) electrons. The summed E-state index contributed by atoms with van der Waals surface area (Å²) in [6, 6.07) is 19.1. The summed E-state index contributed by atoms with van der Waals surface area (Å²) in [4.78, 5) is 14.4. The van der Waals surface area contributed by atoms with Gasteiger partial charge in [0.15, 0.2) is 0 Å². The number of aromatic nitrogens is 2. The number of anilines is 1. The third-order valence-electron chi connectivity index (χ3n) is 7.16. The van der Waals surface area contributed by atoms with Crippen molar-refractivity contribution in [1.29, 1.82) is 0 Å². The SMILES string of the molecule is CC1=C(CCOc2cccc(CC3=CN(c4nccc(C(F)(F)F)n4)CCC3C)c2)N=C(c2ccccc2)C1. The average molecular weight is 533 g/mol. The first-order valence-corrected chi connectivity index (χ1v) is 13.2. The minimum absolute atomic E-state index is 0.0703. The van der Waals surface area contributed by atoms with Gasteiger partial charge >= 0.3 is 6.18 Å². The molecule has 0 saturated carbocycles. The van der Waals surface area contributed by atoms with E-state index in [-0.39, 0.29) is 5.95 Å². The van der Waals surface area contributed by atoms with Crippen molar-refractivity contribution in [3.63, 3.8) is 0 Å². The molecule has 0 aliphatic carbocycles. The quantitative estimate of drug-likeness (QED) is 0.303. The van der Waals surface area contributed by atoms with E-state index in [1.807, 2.05) is 48.7 Å². The monoisotopic (exact) mass is 532 g/mol. The second-order valence-electron chi connectivity index (χ2n) is 10.1. The number of rotatable bonds is 8. The Morgan fingerprint density at radius 2 is 1.87 bits per heavy atom. The Morgan fingerprint density at radius 1 is 1.05 bits per heavy atom. The highest BCUT2D eigenvalue weighted by atomic mass is 19.4. The van der Waals surface area contributed by atoms with Crippen molar-refractivity contribution in [3.05, 3.63) is 107 Å². The van der Waals surface area contributed by atoms with Crippen LogP contribution in [0.25, 0.3) is 0 Å². The summed E-state index contributed by atoms with van der Waals surface area (Å²) in [5.74, 6) is 1.16. The number of nitrogens with zero attached hydrogens (tertiary/aromatic N) is 4. The normalized spacial score (nSPS) is 17.8. The molecular weight excluding hydrogens is 501 g/mol. The minimum Gasteiger partial charge on any atom is -0.493 e. The molecule has 202 valence electrons. The fourth-order valence-corrected chi connectivity index (χ4v) is 4.90. The van der Waals surface area contributed by atoms with Crippen molar-refractivity contribution < 1.29 is 17.9 Å². The van der Waals surface area contributed by atoms with Gasteiger partial charge < -0.3 is 9.64 Å². The van der Waals surface area contributed by atoms with Gasteiger partial charge in [0.25, 0.3) is 0 Å². The third-order valence-corrected chi connectivity index (χ3v) is 7.16. The zero-order chi connectivity index (χ0) is 27.4. The lowest BCUT2D eigenvalue weighted by Gasteiger charge is -2.29. The standard InChI is InChI=1S/C31H31F3N4O/c1-21-12-15-38(30-35-14-11-29(37-30)31(32,33)34)20-25(21)18-23-7-6-10-26(19-23)39-16-13-27-22(2)17-28(36-27)24-8-4-3-5-9-24/h3-11,14,19-21H,12-13,15-18H2,1-2H3. The molecule has 2 aliphatic rings. The molecular formula is C31H31F3N4O. The molecule has 2 aromatic carbocycles. The highest BCUT2D eigenvalue weighted by Gasteiger charge is 2.33. The number of alkyl halides is 3. The fraction of sp³-hybridized carbons (Fsp3) is 0.323. The fourth-order valence-electron chi connectivity index (χ4n) is 4.90. The molecule has 5 nitrogen and oxygen atoms in total. The van der Waals surface area contributed by atoms with Crippen molar-refractivity contribution in [2.24, 2.45) is 10.9 Å². The molecule has 8 heteroatoms. The van der Waals surface area contributed by atoms with Gasteiger partial charge in [0.1, 0.15) is 11.4 Å². The highest BCUT2D eigenvalue weighted by Crippen LogP contribution is 2.31. The molecule has 0 amide bonds. The molecule has 1 atom stereocenters. The maximum Gasteiger partial charge on any atom is 0.433 e. The zero-order valence-electron chi connectivity index (χ0n) is 22.1. The van der Waals surface area contributed by atoms with E-state index in [2.05, 4.69) is 35.9 Å². The number of benzene rings is 2. The van der Waals surface area contributed by atoms with Crippen LogP contribution in [0.1, 0.15) is 49.9 Å². The van der Waals surface area contributed by atoms with Crippen molar-refractivity contribution in [2.45, 2.75) is 45.7 Å². The molecule has 0 saturated heterocycles. The summed E-state index contributed by atoms with van der Waals surface area (Å²) in [7, 11) is 0. The minimum atomic E-state index is -4.50. The second-order valence-corrected chi connectivity index (χ2v) is 10.1. The number of hydrogen-bond donors (Lipinski definition) is 0. The first-order valence-electron chi connectivity index (χ1n) is 13.2. The van der Waals surface area contributed by atoms with Gasteiger partial charge in [0.05, 0.1) is 12.3 Å². The summed E-state index contributed by atoms with van der Waals surface area (Å²) < 4.78 is 45.5. The lowest BCUT2D eigenvalue weighted by atomic mass is 9.90. The molecule has 0 bridgehead atoms. The average Bonchev–Trinajstić information content (AvgIpc) is 3.30. The maximum atomic E-state index is 13.1. The van der Waals surface area contributed by atoms with Crippen LogP contribution in [0.4, 0.5) is 19.1 Å². The predicted molar refractivity (Wildman–Crippen MR) is 147 cm³/mol. The lowest BCUT2D eigenvalue weighted by Crippen LogP contribution is -2.29. The van der Waals surface area contributed by atoms with Gasteiger partial charge in [-0.3, -0.25) is 4.99 Å². The predicted octanol–water partition coefficient (Wildman–Crippen LogP) is 7.40. The van der Waals surface area contributed by atoms with E-state index in [0.29, 0.717) is 25.5 Å². The van der Waals surface area contributed by atoms with Crippen LogP contribution in [0, 0.1) is 5.92 Å². The van der Waals surface area contributed by atoms with Crippen LogP contribution in [-0.4, -0.2) is 28.8 Å². The Labute approximate surface area is 226 Å². The Morgan fingerprint density at radius 3 is 2.67 bits per heavy atom. The first kappa shape index (κ1) is 26.7. The molecule has 0 spiro atoms. The van der Waals surface area contributed by atoms with Crippen molar-refractivity contribution in [1.82, 2.24) is 9.97 Å². The van der Waals surface area contributed by atoms with E-state index in [4.69, 9.17) is 9.73 Å². The van der Waals surface area contributed by atoms with Crippen molar-refractivity contribution >= 4 is 11.7 Å². The van der Waals surface area contributed by atoms with Gasteiger partial charge in [-0.1, -0.05) is 49.4 Å². The van der Waals surface area contributed by atoms with Gasteiger partial charge in [-0.2, -0.15) is 13.2 Å². The van der Waals surface area contributed by atoms with E-state index < -0.39 is 11.9 Å². The summed E-state index contributed by atoms with van der Waals surface area (Å²) >= 11 is 0. The maximum absolute atomic E-state index is 13.1. The van der Waals surface area contributed by atoms with Crippen LogP contribution in [0.2, 0.25) is 0 Å². The number of hydrogen-bond acceptors (Lipinski definition) is 5. The number of allylic oxidation sites excluding steroid dienone is 2. The van der Waals surface area contributed by atoms with E-state index in [0.717, 1.165) is 65.4 Å². The molecule has 39 heavy (non-hydrogen) atoms. The summed E-state index contributed by atoms with van der Waals surface area (Å²) in [5.41, 5.74) is 5.89. The molecule has 3 aromatic rings. The van der Waals surface area contributed by atoms with Crippen LogP contribution in [-0.2, 0) is 12.6 Å². The van der Waals surface area contributed by atoms with Gasteiger partial charge in [0.2, 0.25) is 5.95 Å². The molecule has 2 aliphatic heterocycles. The summed E-state index contributed by atoms with van der Waals surface area (Å²) in [5, 5.41) is 0. The number of ether oxygens (including phenoxy) is 1. The number of halogens is 3. The molecule has 1 aromatic heterocycles. The van der Waals surface area contributed by atoms with Gasteiger partial charge in [-0.15, -0.1) is 0 Å². The van der Waals surface area contributed by atoms with Crippen LogP contribution < -0.4 is 9.64 Å². The zero-order valence-corrected chi connectivity index (χ0v) is 22.1. The van der Waals surface area contributed by atoms with Crippen LogP contribution in [0.15, 0.2) is 94.9 Å². The van der Waals surface area contributed by atoms with Gasteiger partial charge in [-0.05, 0) is 66.2 Å². The van der Waals surface area contributed by atoms with Crippen LogP contribution in [0.5, 0.6) is 5.75 Å². The van der Waals surface area contributed by atoms with Gasteiger partial charge in [0, 0.05) is 37.5 Å². The third kappa shape index (κ3) is 6.56. The Balaban J connectivity index is 1.22. The second kappa shape index (κ2) is 11.4. The molecule has 3 heterocycles. The Bertz CT molecular complexity index is 1410. The molecule has 5 rings (SSSR count). The van der Waals surface area contributed by atoms with E-state index in [9.17, 15) is 13.2 Å². The lowest BCUT2D eigenvalue weighted by molar-refractivity contribution is -0.141. The smallest absolute Gasteiger partial charge is 0.433 e. The molecule has 0 fully saturated rings. The Kier molecular flexibility index (Phi) is 7.82. The summed E-state index contributed by atoms with van der Waals surface area (Å²) in [6.07, 6.45) is 1.64. The Hall–Kier alpha value is -3.94. The summed E-state index contributed by atoms with van der Waals surface area (Å²) in [6.45, 7) is 5.36. The van der Waals surface area contributed by atoms with Crippen molar-refractivity contribution in [2.75, 3.05) is 18.1 Å². The molecule has 1 unspecified atom stereocenters. The van der Waals surface area contributed by atoms with E-state index >= 15 is 0 Å². The van der Waals surface area contributed by atoms with Crippen LogP contribution >= 0.6 is 0 Å². The van der Waals surface area contributed by atoms with Gasteiger partial charge in [-0.25, -0.2) is 9.97 Å². The van der Waals surface area contributed by atoms with E-state index in [1.165, 1.54) is 5.57 Å².